The molecule has 2 aromatic heterocycles. The zero-order valence-corrected chi connectivity index (χ0v) is 16.7. The maximum absolute atomic E-state index is 12.9. The Bertz CT molecular complexity index is 1030. The topological polar surface area (TPSA) is 64.7 Å². The number of halogens is 5. The van der Waals surface area contributed by atoms with Crippen LogP contribution in [0.2, 0.25) is 10.0 Å². The van der Waals surface area contributed by atoms with Crippen LogP contribution in [0.4, 0.5) is 18.9 Å². The number of nitrogens with zero attached hydrogens (tertiary/aromatic N) is 4. The highest BCUT2D eigenvalue weighted by Gasteiger charge is 2.38. The van der Waals surface area contributed by atoms with E-state index in [1.807, 2.05) is 6.07 Å². The van der Waals surface area contributed by atoms with Crippen molar-refractivity contribution in [3.05, 3.63) is 63.7 Å². The smallest absolute Gasteiger partial charge is 0.326 e. The van der Waals surface area contributed by atoms with Crippen molar-refractivity contribution in [1.82, 2.24) is 19.6 Å². The summed E-state index contributed by atoms with van der Waals surface area (Å²) >= 11 is 11.6. The van der Waals surface area contributed by atoms with Crippen LogP contribution in [0.1, 0.15) is 23.4 Å². The van der Waals surface area contributed by atoms with Gasteiger partial charge in [-0.05, 0) is 24.6 Å². The van der Waals surface area contributed by atoms with Gasteiger partial charge in [-0.3, -0.25) is 14.2 Å². The monoisotopic (exact) mass is 445 g/mol. The van der Waals surface area contributed by atoms with Crippen molar-refractivity contribution in [2.24, 2.45) is 0 Å². The van der Waals surface area contributed by atoms with Gasteiger partial charge in [-0.25, -0.2) is 0 Å². The number of alkyl halides is 3. The average Bonchev–Trinajstić information content (AvgIpc) is 3.17. The highest BCUT2D eigenvalue weighted by atomic mass is 35.5. The lowest BCUT2D eigenvalue weighted by atomic mass is 10.2. The third kappa shape index (κ3) is 5.30. The van der Waals surface area contributed by atoms with Crippen LogP contribution in [0.25, 0.3) is 0 Å². The number of hydrogen-bond acceptors (Lipinski definition) is 3. The molecule has 0 atom stereocenters. The molecule has 29 heavy (non-hydrogen) atoms. The van der Waals surface area contributed by atoms with Crippen LogP contribution in [0.15, 0.2) is 36.7 Å². The highest BCUT2D eigenvalue weighted by molar-refractivity contribution is 6.32. The Labute approximate surface area is 174 Å². The van der Waals surface area contributed by atoms with Crippen LogP contribution in [0, 0.1) is 6.92 Å². The van der Waals surface area contributed by atoms with Crippen LogP contribution in [0.3, 0.4) is 0 Å². The quantitative estimate of drug-likeness (QED) is 0.592. The van der Waals surface area contributed by atoms with Crippen molar-refractivity contribution in [2.45, 2.75) is 32.6 Å². The fraction of sp³-hybridized carbons (Fsp3) is 0.278. The third-order valence-electron chi connectivity index (χ3n) is 4.11. The summed E-state index contributed by atoms with van der Waals surface area (Å²) in [6.07, 6.45) is -1.50. The van der Waals surface area contributed by atoms with Crippen molar-refractivity contribution in [2.75, 3.05) is 5.32 Å². The molecule has 3 rings (SSSR count). The van der Waals surface area contributed by atoms with E-state index in [0.717, 1.165) is 10.2 Å². The molecule has 0 saturated heterocycles. The van der Waals surface area contributed by atoms with E-state index in [4.69, 9.17) is 23.2 Å². The predicted octanol–water partition coefficient (Wildman–Crippen LogP) is 4.79. The number of carbonyl (C=O) groups is 1. The van der Waals surface area contributed by atoms with Gasteiger partial charge in [0.1, 0.15) is 0 Å². The molecule has 154 valence electrons. The Morgan fingerprint density at radius 2 is 2.03 bits per heavy atom. The van der Waals surface area contributed by atoms with E-state index in [2.05, 4.69) is 15.5 Å². The number of carbonyl (C=O) groups excluding carboxylic acids is 1. The van der Waals surface area contributed by atoms with Crippen molar-refractivity contribution >= 4 is 34.8 Å². The molecule has 0 spiro atoms. The number of aryl methyl sites for hydroxylation is 1. The molecule has 0 saturated carbocycles. The van der Waals surface area contributed by atoms with E-state index in [-0.39, 0.29) is 24.6 Å². The molecule has 3 aromatic rings. The van der Waals surface area contributed by atoms with Crippen LogP contribution in [-0.4, -0.2) is 25.5 Å². The van der Waals surface area contributed by atoms with Crippen LogP contribution in [-0.2, 0) is 24.1 Å². The first-order valence-electron chi connectivity index (χ1n) is 8.50. The molecule has 11 heteroatoms. The second-order valence-corrected chi connectivity index (χ2v) is 7.14. The van der Waals surface area contributed by atoms with Crippen LogP contribution < -0.4 is 5.32 Å². The summed E-state index contributed by atoms with van der Waals surface area (Å²) in [4.78, 5) is 12.2. The number of anilines is 1. The number of rotatable bonds is 6. The van der Waals surface area contributed by atoms with E-state index >= 15 is 0 Å². The Balaban J connectivity index is 1.61. The Morgan fingerprint density at radius 3 is 2.66 bits per heavy atom. The van der Waals surface area contributed by atoms with Crippen molar-refractivity contribution in [1.29, 1.82) is 0 Å². The lowest BCUT2D eigenvalue weighted by Gasteiger charge is -2.09. The summed E-state index contributed by atoms with van der Waals surface area (Å²) in [6, 6.07) is 7.16. The molecule has 1 amide bonds. The van der Waals surface area contributed by atoms with Gasteiger partial charge in [-0.2, -0.15) is 23.4 Å². The molecule has 0 aliphatic carbocycles. The van der Waals surface area contributed by atoms with Crippen molar-refractivity contribution in [3.8, 4) is 0 Å². The van der Waals surface area contributed by atoms with Gasteiger partial charge in [0.25, 0.3) is 0 Å². The van der Waals surface area contributed by atoms with Gasteiger partial charge >= 0.3 is 6.18 Å². The zero-order valence-electron chi connectivity index (χ0n) is 15.2. The molecule has 0 aliphatic rings. The molecular formula is C18H16Cl2F3N5O. The standard InChI is InChI=1S/C18H16Cl2F3N5O/c1-11-16(20)17(18(21,22)23)26-28(11)6-5-15(29)25-14-4-2-3-12(7-14)9-27-10-13(19)8-24-27/h2-4,7-8,10H,5-6,9H2,1H3,(H,25,29). The second kappa shape index (κ2) is 8.46. The zero-order chi connectivity index (χ0) is 21.2. The third-order valence-corrected chi connectivity index (χ3v) is 4.76. The second-order valence-electron chi connectivity index (χ2n) is 6.32. The van der Waals surface area contributed by atoms with Gasteiger partial charge in [-0.1, -0.05) is 35.3 Å². The Kier molecular flexibility index (Phi) is 6.18. The summed E-state index contributed by atoms with van der Waals surface area (Å²) in [6.45, 7) is 1.87. The average molecular weight is 446 g/mol. The number of benzene rings is 1. The lowest BCUT2D eigenvalue weighted by Crippen LogP contribution is -2.16. The largest absolute Gasteiger partial charge is 0.436 e. The van der Waals surface area contributed by atoms with Gasteiger partial charge in [0.2, 0.25) is 5.91 Å². The minimum absolute atomic E-state index is 0.0288. The predicted molar refractivity (Wildman–Crippen MR) is 103 cm³/mol. The van der Waals surface area contributed by atoms with Gasteiger partial charge in [0, 0.05) is 18.3 Å². The molecule has 2 heterocycles. The normalized spacial score (nSPS) is 11.7. The van der Waals surface area contributed by atoms with Crippen molar-refractivity contribution < 1.29 is 18.0 Å². The molecule has 0 bridgehead atoms. The summed E-state index contributed by atoms with van der Waals surface area (Å²) < 4.78 is 41.4. The number of nitrogens with one attached hydrogen (secondary N) is 1. The number of hydrogen-bond donors (Lipinski definition) is 1. The van der Waals surface area contributed by atoms with Gasteiger partial charge in [0.05, 0.1) is 35.0 Å². The van der Waals surface area contributed by atoms with E-state index in [1.165, 1.54) is 13.1 Å². The van der Waals surface area contributed by atoms with Crippen LogP contribution >= 0.6 is 23.2 Å². The summed E-state index contributed by atoms with van der Waals surface area (Å²) in [5, 5.41) is 10.4. The lowest BCUT2D eigenvalue weighted by molar-refractivity contribution is -0.141. The molecule has 0 radical (unpaired) electrons. The SMILES string of the molecule is Cc1c(Cl)c(C(F)(F)F)nn1CCC(=O)Nc1cccc(Cn2cc(Cl)cn2)c1. The Hall–Kier alpha value is -2.52. The first kappa shape index (κ1) is 21.2. The van der Waals surface area contributed by atoms with Crippen molar-refractivity contribution in [3.63, 3.8) is 0 Å². The molecule has 1 N–H and O–H groups in total. The van der Waals surface area contributed by atoms with Gasteiger partial charge in [0.15, 0.2) is 5.69 Å². The van der Waals surface area contributed by atoms with E-state index in [0.29, 0.717) is 17.3 Å². The molecule has 6 nitrogen and oxygen atoms in total. The number of amides is 1. The van der Waals surface area contributed by atoms with E-state index < -0.39 is 16.9 Å². The summed E-state index contributed by atoms with van der Waals surface area (Å²) in [5.74, 6) is -0.358. The summed E-state index contributed by atoms with van der Waals surface area (Å²) in [5.41, 5.74) is 0.471. The molecule has 1 aromatic carbocycles. The van der Waals surface area contributed by atoms with E-state index in [9.17, 15) is 18.0 Å². The fourth-order valence-electron chi connectivity index (χ4n) is 2.71. The molecule has 0 unspecified atom stereocenters. The van der Waals surface area contributed by atoms with Crippen LogP contribution in [0.5, 0.6) is 0 Å². The minimum Gasteiger partial charge on any atom is -0.326 e. The summed E-state index contributed by atoms with van der Waals surface area (Å²) in [7, 11) is 0. The maximum Gasteiger partial charge on any atom is 0.436 e. The highest BCUT2D eigenvalue weighted by Crippen LogP contribution is 2.35. The first-order chi connectivity index (χ1) is 13.6. The van der Waals surface area contributed by atoms with Gasteiger partial charge < -0.3 is 5.32 Å². The molecule has 0 fully saturated rings. The van der Waals surface area contributed by atoms with Gasteiger partial charge in [-0.15, -0.1) is 0 Å². The number of aromatic nitrogens is 4. The molecule has 0 aliphatic heterocycles. The molecular weight excluding hydrogens is 430 g/mol. The minimum atomic E-state index is -4.64. The fourth-order valence-corrected chi connectivity index (χ4v) is 3.11. The first-order valence-corrected chi connectivity index (χ1v) is 9.26. The van der Waals surface area contributed by atoms with E-state index in [1.54, 1.807) is 29.1 Å². The maximum atomic E-state index is 12.9. The Morgan fingerprint density at radius 1 is 1.28 bits per heavy atom.